The summed E-state index contributed by atoms with van der Waals surface area (Å²) in [6.45, 7) is 5.81. The van der Waals surface area contributed by atoms with Gasteiger partial charge in [-0.15, -0.1) is 0 Å². The normalized spacial score (nSPS) is 24.6. The number of hydrogen-bond donors (Lipinski definition) is 2. The van der Waals surface area contributed by atoms with Gasteiger partial charge in [0.05, 0.1) is 6.10 Å². The number of hydrogen-bond acceptors (Lipinski definition) is 6. The standard InChI is InChI=1S/C19H31N3O6/c1-13(2)27-10-6-9-20-15(23)12-28-16(24)11-22-17(25)19(21-18(22)26)8-5-4-7-14(19)3/h13-14H,4-12H2,1-3H3,(H,20,23)(H,21,26)/t14-,19-/m1/s1. The molecule has 1 saturated heterocycles. The van der Waals surface area contributed by atoms with Crippen molar-refractivity contribution in [3.8, 4) is 0 Å². The van der Waals surface area contributed by atoms with E-state index < -0.39 is 36.6 Å². The second-order valence-electron chi connectivity index (χ2n) is 7.72. The Bertz CT molecular complexity index is 608. The largest absolute Gasteiger partial charge is 0.454 e. The number of amides is 4. The number of nitrogens with one attached hydrogen (secondary N) is 2. The summed E-state index contributed by atoms with van der Waals surface area (Å²) < 4.78 is 10.3. The van der Waals surface area contributed by atoms with Crippen LogP contribution in [0.15, 0.2) is 0 Å². The minimum absolute atomic E-state index is 0.0178. The average Bonchev–Trinajstić information content (AvgIpc) is 2.87. The molecule has 2 fully saturated rings. The fourth-order valence-corrected chi connectivity index (χ4v) is 3.63. The molecule has 2 rings (SSSR count). The molecule has 0 radical (unpaired) electrons. The van der Waals surface area contributed by atoms with Crippen molar-refractivity contribution in [1.82, 2.24) is 15.5 Å². The van der Waals surface area contributed by atoms with Crippen LogP contribution in [0.25, 0.3) is 0 Å². The SMILES string of the molecule is CC(C)OCCCNC(=O)COC(=O)CN1C(=O)N[C@@]2(CCCC[C@H]2C)C1=O. The van der Waals surface area contributed by atoms with Crippen molar-refractivity contribution in [2.24, 2.45) is 5.92 Å². The van der Waals surface area contributed by atoms with Crippen molar-refractivity contribution in [1.29, 1.82) is 0 Å². The van der Waals surface area contributed by atoms with Crippen molar-refractivity contribution in [2.45, 2.75) is 64.5 Å². The van der Waals surface area contributed by atoms with Gasteiger partial charge in [0.1, 0.15) is 12.1 Å². The predicted molar refractivity (Wildman–Crippen MR) is 100 cm³/mol. The van der Waals surface area contributed by atoms with E-state index in [0.717, 1.165) is 24.2 Å². The van der Waals surface area contributed by atoms with Crippen molar-refractivity contribution < 1.29 is 28.7 Å². The molecule has 0 bridgehead atoms. The number of esters is 1. The van der Waals surface area contributed by atoms with Gasteiger partial charge >= 0.3 is 12.0 Å². The number of rotatable bonds is 9. The van der Waals surface area contributed by atoms with E-state index in [2.05, 4.69) is 10.6 Å². The zero-order chi connectivity index (χ0) is 20.7. The molecule has 1 heterocycles. The number of nitrogens with zero attached hydrogens (tertiary/aromatic N) is 1. The lowest BCUT2D eigenvalue weighted by molar-refractivity contribution is -0.151. The Hall–Kier alpha value is -2.16. The van der Waals surface area contributed by atoms with E-state index in [1.54, 1.807) is 0 Å². The summed E-state index contributed by atoms with van der Waals surface area (Å²) in [4.78, 5) is 49.6. The third-order valence-corrected chi connectivity index (χ3v) is 5.25. The minimum Gasteiger partial charge on any atom is -0.454 e. The smallest absolute Gasteiger partial charge is 0.326 e. The van der Waals surface area contributed by atoms with Crippen LogP contribution in [0.4, 0.5) is 4.79 Å². The van der Waals surface area contributed by atoms with Gasteiger partial charge in [-0.1, -0.05) is 19.8 Å². The van der Waals surface area contributed by atoms with Gasteiger partial charge in [0.15, 0.2) is 6.61 Å². The first kappa shape index (κ1) is 22.1. The van der Waals surface area contributed by atoms with Crippen molar-refractivity contribution >= 4 is 23.8 Å². The zero-order valence-corrected chi connectivity index (χ0v) is 16.9. The molecule has 9 nitrogen and oxygen atoms in total. The lowest BCUT2D eigenvalue weighted by atomic mass is 9.73. The van der Waals surface area contributed by atoms with E-state index in [4.69, 9.17) is 9.47 Å². The van der Waals surface area contributed by atoms with E-state index in [1.165, 1.54) is 0 Å². The molecule has 1 aliphatic carbocycles. The number of urea groups is 1. The van der Waals surface area contributed by atoms with E-state index in [0.29, 0.717) is 26.0 Å². The van der Waals surface area contributed by atoms with Crippen LogP contribution in [0.5, 0.6) is 0 Å². The quantitative estimate of drug-likeness (QED) is 0.340. The second kappa shape index (κ2) is 9.86. The lowest BCUT2D eigenvalue weighted by Crippen LogP contribution is -2.54. The van der Waals surface area contributed by atoms with Crippen LogP contribution >= 0.6 is 0 Å². The van der Waals surface area contributed by atoms with Crippen LogP contribution < -0.4 is 10.6 Å². The molecule has 2 N–H and O–H groups in total. The molecule has 9 heteroatoms. The molecule has 2 atom stereocenters. The maximum absolute atomic E-state index is 12.8. The molecule has 1 saturated carbocycles. The molecule has 0 aromatic heterocycles. The fraction of sp³-hybridized carbons (Fsp3) is 0.789. The van der Waals surface area contributed by atoms with Gasteiger partial charge < -0.3 is 20.1 Å². The number of carbonyl (C=O) groups is 4. The fourth-order valence-electron chi connectivity index (χ4n) is 3.63. The molecule has 1 spiro atoms. The Labute approximate surface area is 165 Å². The van der Waals surface area contributed by atoms with E-state index in [-0.39, 0.29) is 17.9 Å². The van der Waals surface area contributed by atoms with Crippen LogP contribution in [0.1, 0.15) is 52.9 Å². The number of ether oxygens (including phenoxy) is 2. The summed E-state index contributed by atoms with van der Waals surface area (Å²) in [5.41, 5.74) is -0.912. The van der Waals surface area contributed by atoms with Crippen molar-refractivity contribution in [2.75, 3.05) is 26.3 Å². The topological polar surface area (TPSA) is 114 Å². The highest BCUT2D eigenvalue weighted by Gasteiger charge is 2.55. The molecule has 28 heavy (non-hydrogen) atoms. The Morgan fingerprint density at radius 2 is 2.07 bits per heavy atom. The zero-order valence-electron chi connectivity index (χ0n) is 16.9. The van der Waals surface area contributed by atoms with E-state index in [9.17, 15) is 19.2 Å². The van der Waals surface area contributed by atoms with Gasteiger partial charge in [-0.05, 0) is 39.0 Å². The average molecular weight is 397 g/mol. The summed E-state index contributed by atoms with van der Waals surface area (Å²) in [6, 6.07) is -0.578. The maximum Gasteiger partial charge on any atom is 0.326 e. The monoisotopic (exact) mass is 397 g/mol. The molecule has 4 amide bonds. The highest BCUT2D eigenvalue weighted by Crippen LogP contribution is 2.38. The maximum atomic E-state index is 12.8. The Morgan fingerprint density at radius 3 is 2.75 bits per heavy atom. The van der Waals surface area contributed by atoms with E-state index >= 15 is 0 Å². The van der Waals surface area contributed by atoms with Crippen LogP contribution in [-0.4, -0.2) is 66.7 Å². The Morgan fingerprint density at radius 1 is 1.32 bits per heavy atom. The second-order valence-corrected chi connectivity index (χ2v) is 7.72. The van der Waals surface area contributed by atoms with Gasteiger partial charge in [-0.25, -0.2) is 4.79 Å². The first-order chi connectivity index (χ1) is 13.3. The molecular weight excluding hydrogens is 366 g/mol. The third-order valence-electron chi connectivity index (χ3n) is 5.25. The van der Waals surface area contributed by atoms with Gasteiger partial charge in [-0.3, -0.25) is 19.3 Å². The van der Waals surface area contributed by atoms with Crippen molar-refractivity contribution in [3.63, 3.8) is 0 Å². The number of imide groups is 1. The molecular formula is C19H31N3O6. The lowest BCUT2D eigenvalue weighted by Gasteiger charge is -2.36. The highest BCUT2D eigenvalue weighted by atomic mass is 16.5. The molecule has 2 aliphatic rings. The number of carbonyl (C=O) groups excluding carboxylic acids is 4. The van der Waals surface area contributed by atoms with Crippen molar-refractivity contribution in [3.05, 3.63) is 0 Å². The Balaban J connectivity index is 1.73. The predicted octanol–water partition coefficient (Wildman–Crippen LogP) is 0.962. The van der Waals surface area contributed by atoms with E-state index in [1.807, 2.05) is 20.8 Å². The molecule has 0 unspecified atom stereocenters. The summed E-state index contributed by atoms with van der Waals surface area (Å²) in [6.07, 6.45) is 4.10. The van der Waals surface area contributed by atoms with Crippen LogP contribution in [-0.2, 0) is 23.9 Å². The van der Waals surface area contributed by atoms with Gasteiger partial charge in [0.25, 0.3) is 11.8 Å². The molecule has 0 aromatic carbocycles. The van der Waals surface area contributed by atoms with Gasteiger partial charge in [-0.2, -0.15) is 0 Å². The summed E-state index contributed by atoms with van der Waals surface area (Å²) in [5.74, 6) is -1.59. The van der Waals surface area contributed by atoms with Gasteiger partial charge in [0, 0.05) is 13.2 Å². The summed E-state index contributed by atoms with van der Waals surface area (Å²) >= 11 is 0. The molecule has 158 valence electrons. The first-order valence-corrected chi connectivity index (χ1v) is 9.94. The van der Waals surface area contributed by atoms with Crippen LogP contribution in [0.2, 0.25) is 0 Å². The molecule has 1 aliphatic heterocycles. The Kier molecular flexibility index (Phi) is 7.79. The highest BCUT2D eigenvalue weighted by molar-refractivity contribution is 6.09. The third kappa shape index (κ3) is 5.43. The van der Waals surface area contributed by atoms with Crippen LogP contribution in [0.3, 0.4) is 0 Å². The first-order valence-electron chi connectivity index (χ1n) is 9.94. The summed E-state index contributed by atoms with van der Waals surface area (Å²) in [5, 5.41) is 5.39. The van der Waals surface area contributed by atoms with Crippen LogP contribution in [0, 0.1) is 5.92 Å². The minimum atomic E-state index is -0.912. The van der Waals surface area contributed by atoms with Gasteiger partial charge in [0.2, 0.25) is 0 Å². The molecule has 0 aromatic rings. The summed E-state index contributed by atoms with van der Waals surface area (Å²) in [7, 11) is 0.